The Labute approximate surface area is 164 Å². The Hall–Kier alpha value is -2.84. The minimum Gasteiger partial charge on any atom is -0.364 e. The molecule has 0 N–H and O–H groups in total. The third kappa shape index (κ3) is 5.32. The first-order valence-corrected chi connectivity index (χ1v) is 9.22. The standard InChI is InChI=1S/C25H29N2/c1-5-18-26(19-6-2)24-17-13-12-16-23(24)25(22-14-10-9-11-15-22)27(20-7-3)21-8-4/h5-17H,1-4,18-21H2. The van der Waals surface area contributed by atoms with E-state index in [1.54, 1.807) is 0 Å². The van der Waals surface area contributed by atoms with Crippen molar-refractivity contribution in [3.63, 3.8) is 0 Å². The van der Waals surface area contributed by atoms with Gasteiger partial charge in [-0.3, -0.25) is 4.90 Å². The Bertz CT molecular complexity index is 728. The molecule has 0 unspecified atom stereocenters. The van der Waals surface area contributed by atoms with Crippen molar-refractivity contribution >= 4 is 5.69 Å². The van der Waals surface area contributed by atoms with E-state index in [1.165, 1.54) is 17.2 Å². The maximum Gasteiger partial charge on any atom is 0.101 e. The van der Waals surface area contributed by atoms with Gasteiger partial charge in [0.25, 0.3) is 0 Å². The molecule has 2 nitrogen and oxygen atoms in total. The van der Waals surface area contributed by atoms with Gasteiger partial charge < -0.3 is 4.90 Å². The number of hydrogen-bond donors (Lipinski definition) is 0. The lowest BCUT2D eigenvalue weighted by atomic mass is 9.94. The first-order valence-electron chi connectivity index (χ1n) is 9.22. The zero-order chi connectivity index (χ0) is 19.5. The van der Waals surface area contributed by atoms with Gasteiger partial charge in [-0.2, -0.15) is 0 Å². The second-order valence-corrected chi connectivity index (χ2v) is 6.20. The minimum absolute atomic E-state index is 0.744. The first kappa shape index (κ1) is 20.5. The van der Waals surface area contributed by atoms with Crippen molar-refractivity contribution in [2.75, 3.05) is 31.1 Å². The molecule has 2 rings (SSSR count). The van der Waals surface area contributed by atoms with Gasteiger partial charge in [-0.1, -0.05) is 72.8 Å². The molecule has 0 saturated heterocycles. The van der Waals surface area contributed by atoms with Gasteiger partial charge in [0.15, 0.2) is 0 Å². The zero-order valence-electron chi connectivity index (χ0n) is 16.1. The van der Waals surface area contributed by atoms with Crippen LogP contribution in [-0.2, 0) is 0 Å². The Balaban J connectivity index is 2.61. The maximum atomic E-state index is 3.94. The molecule has 0 bridgehead atoms. The molecule has 0 fully saturated rings. The van der Waals surface area contributed by atoms with Gasteiger partial charge in [-0.15, -0.1) is 26.3 Å². The molecule has 1 radical (unpaired) electrons. The summed E-state index contributed by atoms with van der Waals surface area (Å²) < 4.78 is 0. The van der Waals surface area contributed by atoms with Crippen LogP contribution in [0.1, 0.15) is 11.1 Å². The fourth-order valence-corrected chi connectivity index (χ4v) is 3.21. The molecule has 0 aliphatic carbocycles. The first-order chi connectivity index (χ1) is 13.3. The highest BCUT2D eigenvalue weighted by molar-refractivity contribution is 5.63. The molecule has 0 atom stereocenters. The van der Waals surface area contributed by atoms with E-state index in [4.69, 9.17) is 0 Å². The molecule has 0 amide bonds. The number of hydrogen-bond acceptors (Lipinski definition) is 2. The summed E-state index contributed by atoms with van der Waals surface area (Å²) >= 11 is 0. The van der Waals surface area contributed by atoms with E-state index < -0.39 is 0 Å². The van der Waals surface area contributed by atoms with Crippen molar-refractivity contribution in [2.24, 2.45) is 0 Å². The molecule has 0 aliphatic heterocycles. The van der Waals surface area contributed by atoms with Gasteiger partial charge in [0.2, 0.25) is 0 Å². The maximum absolute atomic E-state index is 3.94. The normalized spacial score (nSPS) is 10.6. The highest BCUT2D eigenvalue weighted by Gasteiger charge is 2.25. The van der Waals surface area contributed by atoms with Crippen LogP contribution in [0.15, 0.2) is 105 Å². The molecule has 2 aromatic carbocycles. The Morgan fingerprint density at radius 2 is 1.19 bits per heavy atom. The van der Waals surface area contributed by atoms with Crippen molar-refractivity contribution < 1.29 is 0 Å². The average molecular weight is 358 g/mol. The lowest BCUT2D eigenvalue weighted by molar-refractivity contribution is 0.382. The van der Waals surface area contributed by atoms with Crippen molar-refractivity contribution in [2.45, 2.75) is 0 Å². The Kier molecular flexibility index (Phi) is 8.34. The largest absolute Gasteiger partial charge is 0.364 e. The second-order valence-electron chi connectivity index (χ2n) is 6.20. The highest BCUT2D eigenvalue weighted by atomic mass is 15.2. The number of anilines is 1. The summed E-state index contributed by atoms with van der Waals surface area (Å²) in [4.78, 5) is 4.58. The smallest absolute Gasteiger partial charge is 0.101 e. The minimum atomic E-state index is 0.744. The van der Waals surface area contributed by atoms with Crippen LogP contribution < -0.4 is 4.90 Å². The number of rotatable bonds is 12. The van der Waals surface area contributed by atoms with Crippen LogP contribution in [0.4, 0.5) is 5.69 Å². The molecule has 0 spiro atoms. The fraction of sp³-hybridized carbons (Fsp3) is 0.160. The molecule has 0 heterocycles. The van der Waals surface area contributed by atoms with E-state index in [0.717, 1.165) is 31.9 Å². The molecule has 2 heteroatoms. The molecular formula is C25H29N2. The van der Waals surface area contributed by atoms with E-state index in [9.17, 15) is 0 Å². The number of para-hydroxylation sites is 1. The number of nitrogens with zero attached hydrogens (tertiary/aromatic N) is 2. The van der Waals surface area contributed by atoms with E-state index in [1.807, 2.05) is 30.4 Å². The van der Waals surface area contributed by atoms with Gasteiger partial charge in [0.05, 0.1) is 0 Å². The lowest BCUT2D eigenvalue weighted by Gasteiger charge is -2.34. The van der Waals surface area contributed by atoms with Crippen LogP contribution in [0.3, 0.4) is 0 Å². The fourth-order valence-electron chi connectivity index (χ4n) is 3.21. The Morgan fingerprint density at radius 1 is 0.667 bits per heavy atom. The molecule has 139 valence electrons. The van der Waals surface area contributed by atoms with Gasteiger partial charge in [-0.05, 0) is 11.6 Å². The predicted molar refractivity (Wildman–Crippen MR) is 119 cm³/mol. The predicted octanol–water partition coefficient (Wildman–Crippen LogP) is 5.47. The number of benzene rings is 2. The summed E-state index contributed by atoms with van der Waals surface area (Å²) in [6.45, 7) is 18.7. The third-order valence-electron chi connectivity index (χ3n) is 4.26. The van der Waals surface area contributed by atoms with Gasteiger partial charge in [0, 0.05) is 37.4 Å². The van der Waals surface area contributed by atoms with Gasteiger partial charge in [0.1, 0.15) is 6.04 Å². The van der Waals surface area contributed by atoms with Crippen molar-refractivity contribution in [1.82, 2.24) is 4.90 Å². The average Bonchev–Trinajstić information content (AvgIpc) is 2.70. The van der Waals surface area contributed by atoms with Crippen molar-refractivity contribution in [1.29, 1.82) is 0 Å². The van der Waals surface area contributed by atoms with Crippen LogP contribution >= 0.6 is 0 Å². The lowest BCUT2D eigenvalue weighted by Crippen LogP contribution is -2.33. The Morgan fingerprint density at radius 3 is 1.74 bits per heavy atom. The van der Waals surface area contributed by atoms with Crippen molar-refractivity contribution in [3.8, 4) is 0 Å². The van der Waals surface area contributed by atoms with E-state index >= 15 is 0 Å². The van der Waals surface area contributed by atoms with Crippen molar-refractivity contribution in [3.05, 3.63) is 122 Å². The SMILES string of the molecule is C=CCN(CC=C)[C](c1ccccc1)c1ccccc1N(CC=C)CC=C. The summed E-state index contributed by atoms with van der Waals surface area (Å²) in [7, 11) is 0. The molecule has 2 aromatic rings. The molecule has 0 aromatic heterocycles. The van der Waals surface area contributed by atoms with Crippen LogP contribution in [0.5, 0.6) is 0 Å². The molecule has 0 aliphatic rings. The summed E-state index contributed by atoms with van der Waals surface area (Å²) in [6, 6.07) is 20.2. The van der Waals surface area contributed by atoms with E-state index in [2.05, 4.69) is 84.6 Å². The summed E-state index contributed by atoms with van der Waals surface area (Å²) in [5.74, 6) is 0. The van der Waals surface area contributed by atoms with Gasteiger partial charge in [-0.25, -0.2) is 0 Å². The quantitative estimate of drug-likeness (QED) is 0.465. The van der Waals surface area contributed by atoms with Crippen LogP contribution in [0.25, 0.3) is 0 Å². The van der Waals surface area contributed by atoms with Crippen LogP contribution in [0.2, 0.25) is 0 Å². The van der Waals surface area contributed by atoms with Crippen LogP contribution in [0, 0.1) is 6.04 Å². The third-order valence-corrected chi connectivity index (χ3v) is 4.26. The van der Waals surface area contributed by atoms with E-state index in [-0.39, 0.29) is 0 Å². The summed E-state index contributed by atoms with van der Waals surface area (Å²) in [6.07, 6.45) is 7.71. The van der Waals surface area contributed by atoms with E-state index in [0.29, 0.717) is 0 Å². The summed E-state index contributed by atoms with van der Waals surface area (Å²) in [5.41, 5.74) is 3.51. The van der Waals surface area contributed by atoms with Crippen LogP contribution in [-0.4, -0.2) is 31.1 Å². The topological polar surface area (TPSA) is 6.48 Å². The molecular weight excluding hydrogens is 328 g/mol. The summed E-state index contributed by atoms with van der Waals surface area (Å²) in [5, 5.41) is 0. The zero-order valence-corrected chi connectivity index (χ0v) is 16.1. The monoisotopic (exact) mass is 357 g/mol. The highest BCUT2D eigenvalue weighted by Crippen LogP contribution is 2.34. The second kappa shape index (κ2) is 11.0. The molecule has 0 saturated carbocycles. The van der Waals surface area contributed by atoms with Gasteiger partial charge >= 0.3 is 0 Å². The molecule has 27 heavy (non-hydrogen) atoms.